The van der Waals surface area contributed by atoms with Gasteiger partial charge in [-0.2, -0.15) is 0 Å². The Balaban J connectivity index is 1.46. The van der Waals surface area contributed by atoms with Gasteiger partial charge in [-0.25, -0.2) is 17.7 Å². The molecule has 1 saturated heterocycles. The number of amides is 1. The van der Waals surface area contributed by atoms with Crippen LogP contribution in [0.3, 0.4) is 0 Å². The first-order valence-electron chi connectivity index (χ1n) is 11.1. The Kier molecular flexibility index (Phi) is 5.25. The minimum absolute atomic E-state index is 0.148. The van der Waals surface area contributed by atoms with Crippen molar-refractivity contribution in [1.29, 1.82) is 0 Å². The van der Waals surface area contributed by atoms with Crippen LogP contribution in [0.5, 0.6) is 0 Å². The van der Waals surface area contributed by atoms with Crippen molar-refractivity contribution in [2.24, 2.45) is 11.3 Å². The van der Waals surface area contributed by atoms with Crippen LogP contribution < -0.4 is 4.72 Å². The molecule has 2 aromatic rings. The van der Waals surface area contributed by atoms with Crippen molar-refractivity contribution in [3.8, 4) is 11.1 Å². The second kappa shape index (κ2) is 7.73. The molecular weight excluding hydrogens is 430 g/mol. The summed E-state index contributed by atoms with van der Waals surface area (Å²) in [6.45, 7) is 1.42. The summed E-state index contributed by atoms with van der Waals surface area (Å²) < 4.78 is 44.5. The van der Waals surface area contributed by atoms with Gasteiger partial charge in [-0.1, -0.05) is 54.1 Å². The molecule has 1 amide bonds. The lowest BCUT2D eigenvalue weighted by Gasteiger charge is -2.61. The van der Waals surface area contributed by atoms with Gasteiger partial charge in [0.05, 0.1) is 29.0 Å². The second-order valence-electron chi connectivity index (χ2n) is 9.84. The van der Waals surface area contributed by atoms with E-state index in [9.17, 15) is 9.00 Å². The van der Waals surface area contributed by atoms with Gasteiger partial charge in [-0.05, 0) is 55.2 Å². The molecule has 4 aliphatic rings. The van der Waals surface area contributed by atoms with Crippen LogP contribution in [0, 0.1) is 18.3 Å². The van der Waals surface area contributed by atoms with E-state index in [1.165, 1.54) is 11.2 Å². The van der Waals surface area contributed by atoms with Crippen LogP contribution in [-0.2, 0) is 22.2 Å². The summed E-state index contributed by atoms with van der Waals surface area (Å²) in [6.07, 6.45) is 4.11. The van der Waals surface area contributed by atoms with Crippen molar-refractivity contribution >= 4 is 16.9 Å². The van der Waals surface area contributed by atoms with Crippen LogP contribution in [-0.4, -0.2) is 45.8 Å². The van der Waals surface area contributed by atoms with Crippen molar-refractivity contribution in [2.75, 3.05) is 12.8 Å². The number of likely N-dealkylation sites (tertiary alicyclic amines) is 1. The molecule has 4 fully saturated rings. The lowest BCUT2D eigenvalue weighted by Crippen LogP contribution is -2.62. The topological polar surface area (TPSA) is 49.4 Å². The fraction of sp³-hybridized carbons (Fsp3) is 0.480. The largest absolute Gasteiger partial charge is 0.331 e. The van der Waals surface area contributed by atoms with Gasteiger partial charge >= 0.3 is 0 Å². The number of nitrogens with one attached hydrogen (secondary N) is 1. The number of nitrogens with zero attached hydrogens (tertiary/aromatic N) is 1. The van der Waals surface area contributed by atoms with Crippen LogP contribution in [0.15, 0.2) is 48.5 Å². The van der Waals surface area contributed by atoms with Crippen molar-refractivity contribution in [2.45, 2.75) is 50.6 Å². The highest BCUT2D eigenvalue weighted by atomic mass is 32.2. The molecule has 1 unspecified atom stereocenters. The SMILES string of the molecule is Cc1cccc(-c2cccc(C[C@H]3[C@@H](NS(C)=O)C(F)(F)CN3C(=O)C34CC(C3)C4)c2)c1. The number of alkyl halides is 2. The Labute approximate surface area is 190 Å². The molecule has 3 saturated carbocycles. The quantitative estimate of drug-likeness (QED) is 0.709. The normalized spacial score (nSPS) is 31.0. The number of halogens is 2. The maximum atomic E-state index is 15.1. The zero-order valence-electron chi connectivity index (χ0n) is 18.3. The number of aryl methyl sites for hydroxylation is 1. The summed E-state index contributed by atoms with van der Waals surface area (Å²) in [7, 11) is -1.61. The van der Waals surface area contributed by atoms with Crippen LogP contribution in [0.1, 0.15) is 30.4 Å². The molecule has 2 bridgehead atoms. The highest BCUT2D eigenvalue weighted by Crippen LogP contribution is 2.65. The standard InChI is InChI=1S/C25H28F2N2O2S/c1-16-5-3-7-19(9-16)20-8-4-6-17(10-20)11-21-22(28-32(2)31)25(26,27)15-29(21)23(30)24-12-18(13-24)14-24/h3-10,18,21-22,28H,11-15H2,1-2H3/t18?,21-,22+,24?,32?/m0/s1. The van der Waals surface area contributed by atoms with Gasteiger partial charge in [0.2, 0.25) is 5.91 Å². The molecule has 3 atom stereocenters. The van der Waals surface area contributed by atoms with Crippen molar-refractivity contribution < 1.29 is 17.8 Å². The van der Waals surface area contributed by atoms with E-state index in [0.717, 1.165) is 41.5 Å². The Hall–Kier alpha value is -2.12. The lowest BCUT2D eigenvalue weighted by atomic mass is 9.44. The third-order valence-corrected chi connectivity index (χ3v) is 7.98. The molecule has 2 aromatic carbocycles. The third kappa shape index (κ3) is 3.69. The fourth-order valence-corrected chi connectivity index (χ4v) is 6.37. The van der Waals surface area contributed by atoms with Crippen LogP contribution >= 0.6 is 0 Å². The van der Waals surface area contributed by atoms with Gasteiger partial charge in [0.25, 0.3) is 5.92 Å². The number of carbonyl (C=O) groups excluding carboxylic acids is 1. The molecule has 6 rings (SSSR count). The zero-order chi connectivity index (χ0) is 22.7. The van der Waals surface area contributed by atoms with Crippen LogP contribution in [0.2, 0.25) is 0 Å². The Bertz CT molecular complexity index is 1070. The van der Waals surface area contributed by atoms with Gasteiger partial charge in [0.1, 0.15) is 6.04 Å². The van der Waals surface area contributed by atoms with E-state index in [4.69, 9.17) is 0 Å². The van der Waals surface area contributed by atoms with E-state index < -0.39 is 41.0 Å². The van der Waals surface area contributed by atoms with E-state index >= 15 is 8.78 Å². The molecular formula is C25H28F2N2O2S. The van der Waals surface area contributed by atoms with Crippen LogP contribution in [0.4, 0.5) is 8.78 Å². The molecule has 3 aliphatic carbocycles. The zero-order valence-corrected chi connectivity index (χ0v) is 19.1. The molecule has 0 aromatic heterocycles. The minimum Gasteiger partial charge on any atom is -0.331 e. The van der Waals surface area contributed by atoms with Gasteiger partial charge in [-0.3, -0.25) is 4.79 Å². The fourth-order valence-electron chi connectivity index (χ4n) is 5.69. The summed E-state index contributed by atoms with van der Waals surface area (Å²) in [5.74, 6) is -2.70. The maximum absolute atomic E-state index is 15.1. The lowest BCUT2D eigenvalue weighted by molar-refractivity contribution is -0.178. The van der Waals surface area contributed by atoms with Crippen molar-refractivity contribution in [1.82, 2.24) is 9.62 Å². The van der Waals surface area contributed by atoms with E-state index in [1.54, 1.807) is 0 Å². The van der Waals surface area contributed by atoms with Gasteiger partial charge in [-0.15, -0.1) is 0 Å². The highest BCUT2D eigenvalue weighted by Gasteiger charge is 2.66. The summed E-state index contributed by atoms with van der Waals surface area (Å²) in [6, 6.07) is 13.9. The van der Waals surface area contributed by atoms with E-state index in [-0.39, 0.29) is 12.3 Å². The average molecular weight is 459 g/mol. The number of rotatable bonds is 6. The predicted octanol–water partition coefficient (Wildman–Crippen LogP) is 4.10. The molecule has 32 heavy (non-hydrogen) atoms. The molecule has 4 nitrogen and oxygen atoms in total. The smallest absolute Gasteiger partial charge is 0.283 e. The first-order chi connectivity index (χ1) is 15.2. The number of benzene rings is 2. The highest BCUT2D eigenvalue weighted by molar-refractivity contribution is 7.82. The Morgan fingerprint density at radius 3 is 2.38 bits per heavy atom. The van der Waals surface area contributed by atoms with E-state index in [2.05, 4.69) is 10.8 Å². The first kappa shape index (κ1) is 21.7. The number of hydrogen-bond donors (Lipinski definition) is 1. The molecule has 170 valence electrons. The number of carbonyl (C=O) groups is 1. The molecule has 7 heteroatoms. The summed E-state index contributed by atoms with van der Waals surface area (Å²) in [4.78, 5) is 14.7. The monoisotopic (exact) mass is 458 g/mol. The average Bonchev–Trinajstić information content (AvgIpc) is 2.90. The molecule has 0 radical (unpaired) electrons. The number of hydrogen-bond acceptors (Lipinski definition) is 2. The third-order valence-electron chi connectivity index (χ3n) is 7.39. The first-order valence-corrected chi connectivity index (χ1v) is 12.7. The molecule has 1 aliphatic heterocycles. The van der Waals surface area contributed by atoms with E-state index in [1.807, 2.05) is 49.4 Å². The van der Waals surface area contributed by atoms with Crippen molar-refractivity contribution in [3.05, 3.63) is 59.7 Å². The predicted molar refractivity (Wildman–Crippen MR) is 122 cm³/mol. The molecule has 1 heterocycles. The Morgan fingerprint density at radius 2 is 1.78 bits per heavy atom. The summed E-state index contributed by atoms with van der Waals surface area (Å²) in [5, 5.41) is 0. The van der Waals surface area contributed by atoms with Gasteiger partial charge in [0, 0.05) is 6.26 Å². The van der Waals surface area contributed by atoms with Crippen LogP contribution in [0.25, 0.3) is 11.1 Å². The van der Waals surface area contributed by atoms with E-state index in [0.29, 0.717) is 5.92 Å². The minimum atomic E-state index is -3.14. The molecule has 0 spiro atoms. The maximum Gasteiger partial charge on any atom is 0.283 e. The Morgan fingerprint density at radius 1 is 1.12 bits per heavy atom. The summed E-state index contributed by atoms with van der Waals surface area (Å²) in [5.41, 5.74) is 3.68. The molecule has 1 N–H and O–H groups in total. The summed E-state index contributed by atoms with van der Waals surface area (Å²) >= 11 is 0. The second-order valence-corrected chi connectivity index (χ2v) is 11.0. The van der Waals surface area contributed by atoms with Gasteiger partial charge < -0.3 is 4.90 Å². The van der Waals surface area contributed by atoms with Gasteiger partial charge in [0.15, 0.2) is 0 Å². The van der Waals surface area contributed by atoms with Crippen molar-refractivity contribution in [3.63, 3.8) is 0 Å².